The quantitative estimate of drug-likeness (QED) is 0.789. The van der Waals surface area contributed by atoms with E-state index < -0.39 is 0 Å². The lowest BCUT2D eigenvalue weighted by Gasteiger charge is -2.18. The minimum atomic E-state index is -0.345. The van der Waals surface area contributed by atoms with Crippen molar-refractivity contribution in [2.24, 2.45) is 5.73 Å². The van der Waals surface area contributed by atoms with Gasteiger partial charge in [-0.15, -0.1) is 0 Å². The standard InChI is InChI=1S/C14H21NO3/c1-14(2,15)8-7-12(16)11-9-10(17-3)5-6-13(11)18-4/h5-6,9H,7-8,15H2,1-4H3. The summed E-state index contributed by atoms with van der Waals surface area (Å²) in [6.07, 6.45) is 1.03. The highest BCUT2D eigenvalue weighted by Crippen LogP contribution is 2.26. The molecule has 1 rings (SSSR count). The maximum atomic E-state index is 12.1. The zero-order valence-corrected chi connectivity index (χ0v) is 11.4. The number of carbonyl (C=O) groups excluding carboxylic acids is 1. The first-order chi connectivity index (χ1) is 8.37. The number of ether oxygens (including phenoxy) is 2. The van der Waals surface area contributed by atoms with Gasteiger partial charge in [0, 0.05) is 12.0 Å². The highest BCUT2D eigenvalue weighted by molar-refractivity contribution is 5.99. The van der Waals surface area contributed by atoms with Gasteiger partial charge < -0.3 is 15.2 Å². The number of Topliss-reactive ketones (excluding diaryl/α,β-unsaturated/α-hetero) is 1. The van der Waals surface area contributed by atoms with E-state index in [1.54, 1.807) is 32.4 Å². The first kappa shape index (κ1) is 14.5. The van der Waals surface area contributed by atoms with Gasteiger partial charge in [0.05, 0.1) is 19.8 Å². The zero-order chi connectivity index (χ0) is 13.8. The van der Waals surface area contributed by atoms with Crippen molar-refractivity contribution in [3.05, 3.63) is 23.8 Å². The second-order valence-corrected chi connectivity index (χ2v) is 4.98. The normalized spacial score (nSPS) is 11.2. The van der Waals surface area contributed by atoms with Gasteiger partial charge in [0.25, 0.3) is 0 Å². The molecule has 0 saturated carbocycles. The minimum absolute atomic E-state index is 0.0178. The Kier molecular flexibility index (Phi) is 4.73. The molecule has 0 heterocycles. The first-order valence-electron chi connectivity index (χ1n) is 5.91. The highest BCUT2D eigenvalue weighted by Gasteiger charge is 2.17. The molecular formula is C14H21NO3. The SMILES string of the molecule is COc1ccc(OC)c(C(=O)CCC(C)(C)N)c1. The Hall–Kier alpha value is -1.55. The first-order valence-corrected chi connectivity index (χ1v) is 5.91. The lowest BCUT2D eigenvalue weighted by Crippen LogP contribution is -2.32. The highest BCUT2D eigenvalue weighted by atomic mass is 16.5. The average molecular weight is 251 g/mol. The Morgan fingerprint density at radius 3 is 2.44 bits per heavy atom. The van der Waals surface area contributed by atoms with Crippen LogP contribution >= 0.6 is 0 Å². The van der Waals surface area contributed by atoms with Crippen LogP contribution in [0.3, 0.4) is 0 Å². The molecular weight excluding hydrogens is 230 g/mol. The van der Waals surface area contributed by atoms with Crippen molar-refractivity contribution < 1.29 is 14.3 Å². The van der Waals surface area contributed by atoms with Crippen LogP contribution in [0, 0.1) is 0 Å². The van der Waals surface area contributed by atoms with Crippen LogP contribution in [-0.2, 0) is 0 Å². The molecule has 0 aliphatic heterocycles. The van der Waals surface area contributed by atoms with E-state index >= 15 is 0 Å². The van der Waals surface area contributed by atoms with Crippen LogP contribution in [-0.4, -0.2) is 25.5 Å². The number of hydrogen-bond donors (Lipinski definition) is 1. The molecule has 4 nitrogen and oxygen atoms in total. The zero-order valence-electron chi connectivity index (χ0n) is 11.4. The second kappa shape index (κ2) is 5.87. The molecule has 0 unspecified atom stereocenters. The van der Waals surface area contributed by atoms with Gasteiger partial charge in [-0.05, 0) is 38.5 Å². The molecule has 0 aliphatic carbocycles. The summed E-state index contributed by atoms with van der Waals surface area (Å²) >= 11 is 0. The van der Waals surface area contributed by atoms with E-state index in [9.17, 15) is 4.79 Å². The Labute approximate surface area is 108 Å². The van der Waals surface area contributed by atoms with E-state index in [-0.39, 0.29) is 11.3 Å². The molecule has 0 fully saturated rings. The van der Waals surface area contributed by atoms with Crippen molar-refractivity contribution in [2.45, 2.75) is 32.2 Å². The maximum absolute atomic E-state index is 12.1. The van der Waals surface area contributed by atoms with Crippen LogP contribution in [0.25, 0.3) is 0 Å². The number of carbonyl (C=O) groups is 1. The Morgan fingerprint density at radius 2 is 1.94 bits per heavy atom. The molecule has 18 heavy (non-hydrogen) atoms. The summed E-state index contributed by atoms with van der Waals surface area (Å²) < 4.78 is 10.3. The number of ketones is 1. The number of methoxy groups -OCH3 is 2. The number of nitrogens with two attached hydrogens (primary N) is 1. The summed E-state index contributed by atoms with van der Waals surface area (Å²) in [6, 6.07) is 5.20. The Balaban J connectivity index is 2.89. The van der Waals surface area contributed by atoms with Crippen LogP contribution < -0.4 is 15.2 Å². The second-order valence-electron chi connectivity index (χ2n) is 4.98. The third kappa shape index (κ3) is 4.04. The molecule has 0 saturated heterocycles. The summed E-state index contributed by atoms with van der Waals surface area (Å²) in [6.45, 7) is 3.81. The largest absolute Gasteiger partial charge is 0.497 e. The summed E-state index contributed by atoms with van der Waals surface area (Å²) in [5, 5.41) is 0. The fraction of sp³-hybridized carbons (Fsp3) is 0.500. The van der Waals surface area contributed by atoms with E-state index in [0.717, 1.165) is 0 Å². The third-order valence-electron chi connectivity index (χ3n) is 2.70. The minimum Gasteiger partial charge on any atom is -0.497 e. The number of benzene rings is 1. The fourth-order valence-electron chi connectivity index (χ4n) is 1.60. The van der Waals surface area contributed by atoms with Crippen molar-refractivity contribution in [3.63, 3.8) is 0 Å². The van der Waals surface area contributed by atoms with E-state index in [0.29, 0.717) is 29.9 Å². The van der Waals surface area contributed by atoms with Gasteiger partial charge in [0.2, 0.25) is 0 Å². The van der Waals surface area contributed by atoms with Crippen molar-refractivity contribution in [2.75, 3.05) is 14.2 Å². The van der Waals surface area contributed by atoms with E-state index in [2.05, 4.69) is 0 Å². The molecule has 1 aromatic rings. The summed E-state index contributed by atoms with van der Waals surface area (Å²) in [4.78, 5) is 12.1. The van der Waals surface area contributed by atoms with E-state index in [1.807, 2.05) is 13.8 Å². The number of rotatable bonds is 6. The van der Waals surface area contributed by atoms with E-state index in [4.69, 9.17) is 15.2 Å². The van der Waals surface area contributed by atoms with Crippen LogP contribution in [0.2, 0.25) is 0 Å². The molecule has 1 aromatic carbocycles. The van der Waals surface area contributed by atoms with Gasteiger partial charge in [-0.3, -0.25) is 4.79 Å². The maximum Gasteiger partial charge on any atom is 0.166 e. The summed E-state index contributed by atoms with van der Waals surface area (Å²) in [7, 11) is 3.12. The van der Waals surface area contributed by atoms with Crippen molar-refractivity contribution in [1.82, 2.24) is 0 Å². The van der Waals surface area contributed by atoms with Gasteiger partial charge in [-0.2, -0.15) is 0 Å². The molecule has 0 aliphatic rings. The van der Waals surface area contributed by atoms with Crippen molar-refractivity contribution >= 4 is 5.78 Å². The van der Waals surface area contributed by atoms with E-state index in [1.165, 1.54) is 0 Å². The lowest BCUT2D eigenvalue weighted by atomic mass is 9.95. The number of hydrogen-bond acceptors (Lipinski definition) is 4. The van der Waals surface area contributed by atoms with Crippen molar-refractivity contribution in [3.8, 4) is 11.5 Å². The van der Waals surface area contributed by atoms with Crippen molar-refractivity contribution in [1.29, 1.82) is 0 Å². The predicted octanol–water partition coefficient (Wildman–Crippen LogP) is 2.40. The summed E-state index contributed by atoms with van der Waals surface area (Å²) in [5.74, 6) is 1.23. The average Bonchev–Trinajstić information content (AvgIpc) is 2.34. The molecule has 0 amide bonds. The van der Waals surface area contributed by atoms with Gasteiger partial charge in [0.1, 0.15) is 11.5 Å². The molecule has 0 spiro atoms. The topological polar surface area (TPSA) is 61.5 Å². The molecule has 0 radical (unpaired) electrons. The lowest BCUT2D eigenvalue weighted by molar-refractivity contribution is 0.0969. The Bertz CT molecular complexity index is 422. The predicted molar refractivity (Wildman–Crippen MR) is 71.4 cm³/mol. The smallest absolute Gasteiger partial charge is 0.166 e. The van der Waals surface area contributed by atoms with Gasteiger partial charge in [-0.1, -0.05) is 0 Å². The molecule has 0 atom stereocenters. The third-order valence-corrected chi connectivity index (χ3v) is 2.70. The van der Waals surface area contributed by atoms with Crippen LogP contribution in [0.1, 0.15) is 37.0 Å². The Morgan fingerprint density at radius 1 is 1.28 bits per heavy atom. The van der Waals surface area contributed by atoms with Crippen LogP contribution in [0.5, 0.6) is 11.5 Å². The van der Waals surface area contributed by atoms with Crippen LogP contribution in [0.15, 0.2) is 18.2 Å². The molecule has 0 bridgehead atoms. The van der Waals surface area contributed by atoms with Crippen LogP contribution in [0.4, 0.5) is 0 Å². The van der Waals surface area contributed by atoms with Gasteiger partial charge >= 0.3 is 0 Å². The molecule has 100 valence electrons. The fourth-order valence-corrected chi connectivity index (χ4v) is 1.60. The molecule has 0 aromatic heterocycles. The summed E-state index contributed by atoms with van der Waals surface area (Å²) in [5.41, 5.74) is 6.08. The van der Waals surface area contributed by atoms with Gasteiger partial charge in [0.15, 0.2) is 5.78 Å². The monoisotopic (exact) mass is 251 g/mol. The molecule has 2 N–H and O–H groups in total. The molecule has 4 heteroatoms. The van der Waals surface area contributed by atoms with Gasteiger partial charge in [-0.25, -0.2) is 0 Å².